The van der Waals surface area contributed by atoms with Crippen LogP contribution in [0.15, 0.2) is 12.3 Å². The fourth-order valence-corrected chi connectivity index (χ4v) is 0.953. The van der Waals surface area contributed by atoms with Crippen LogP contribution in [0.5, 0.6) is 0 Å². The fourth-order valence-electron chi connectivity index (χ4n) is 0.724. The minimum Gasteiger partial charge on any atom is -0.267 e. The highest BCUT2D eigenvalue weighted by Gasteiger charge is 2.00. The third-order valence-electron chi connectivity index (χ3n) is 1.25. The molecule has 1 rings (SSSR count). The van der Waals surface area contributed by atoms with E-state index in [2.05, 4.69) is 5.10 Å². The summed E-state index contributed by atoms with van der Waals surface area (Å²) in [4.78, 5) is 0. The number of nitriles is 1. The molecule has 1 aromatic heterocycles. The second-order valence-electron chi connectivity index (χ2n) is 1.96. The lowest BCUT2D eigenvalue weighted by Crippen LogP contribution is -1.91. The van der Waals surface area contributed by atoms with E-state index in [4.69, 9.17) is 16.9 Å². The lowest BCUT2D eigenvalue weighted by atomic mass is 10.4. The monoisotopic (exact) mass is 167 g/mol. The van der Waals surface area contributed by atoms with Crippen molar-refractivity contribution in [2.24, 2.45) is 7.05 Å². The number of rotatable bonds is 1. The molecule has 0 saturated carbocycles. The molecule has 0 aromatic carbocycles. The molecule has 0 fully saturated rings. The van der Waals surface area contributed by atoms with Gasteiger partial charge in [0.05, 0.1) is 23.0 Å². The van der Waals surface area contributed by atoms with Crippen LogP contribution in [-0.4, -0.2) is 9.78 Å². The van der Waals surface area contributed by atoms with Gasteiger partial charge in [-0.2, -0.15) is 10.4 Å². The van der Waals surface area contributed by atoms with Crippen LogP contribution in [0, 0.1) is 11.3 Å². The number of hydrogen-bond acceptors (Lipinski definition) is 2. The summed E-state index contributed by atoms with van der Waals surface area (Å²) in [5, 5.41) is 12.7. The number of nitrogens with zero attached hydrogens (tertiary/aromatic N) is 3. The maximum absolute atomic E-state index is 8.24. The first-order valence-electron chi connectivity index (χ1n) is 2.99. The molecule has 0 aliphatic carbocycles. The predicted molar refractivity (Wildman–Crippen MR) is 42.9 cm³/mol. The highest BCUT2D eigenvalue weighted by atomic mass is 35.5. The highest BCUT2D eigenvalue weighted by Crippen LogP contribution is 2.14. The third-order valence-corrected chi connectivity index (χ3v) is 1.54. The van der Waals surface area contributed by atoms with Crippen molar-refractivity contribution in [2.45, 2.75) is 0 Å². The van der Waals surface area contributed by atoms with Crippen LogP contribution in [0.1, 0.15) is 5.69 Å². The average Bonchev–Trinajstić information content (AvgIpc) is 2.29. The Morgan fingerprint density at radius 1 is 1.82 bits per heavy atom. The Bertz CT molecular complexity index is 299. The van der Waals surface area contributed by atoms with Crippen LogP contribution in [0.3, 0.4) is 0 Å². The molecule has 0 N–H and O–H groups in total. The first-order chi connectivity index (χ1) is 5.25. The van der Waals surface area contributed by atoms with Crippen molar-refractivity contribution in [3.05, 3.63) is 23.0 Å². The fraction of sp³-hybridized carbons (Fsp3) is 0.143. The molecule has 0 atom stereocenters. The molecule has 1 aromatic rings. The second-order valence-corrected chi connectivity index (χ2v) is 2.37. The lowest BCUT2D eigenvalue weighted by Gasteiger charge is -1.92. The average molecular weight is 168 g/mol. The van der Waals surface area contributed by atoms with Crippen molar-refractivity contribution in [3.8, 4) is 6.07 Å². The molecule has 3 nitrogen and oxygen atoms in total. The highest BCUT2D eigenvalue weighted by molar-refractivity contribution is 6.31. The van der Waals surface area contributed by atoms with Crippen molar-refractivity contribution < 1.29 is 0 Å². The van der Waals surface area contributed by atoms with Gasteiger partial charge in [0.15, 0.2) is 0 Å². The van der Waals surface area contributed by atoms with Gasteiger partial charge in [-0.15, -0.1) is 0 Å². The first kappa shape index (κ1) is 7.83. The van der Waals surface area contributed by atoms with Crippen molar-refractivity contribution >= 4 is 17.7 Å². The summed E-state index contributed by atoms with van der Waals surface area (Å²) in [7, 11) is 1.77. The zero-order valence-corrected chi connectivity index (χ0v) is 6.71. The van der Waals surface area contributed by atoms with Crippen molar-refractivity contribution in [2.75, 3.05) is 0 Å². The maximum atomic E-state index is 8.24. The van der Waals surface area contributed by atoms with Crippen LogP contribution in [-0.2, 0) is 7.05 Å². The minimum atomic E-state index is 0.555. The van der Waals surface area contributed by atoms with Crippen molar-refractivity contribution in [1.82, 2.24) is 9.78 Å². The van der Waals surface area contributed by atoms with E-state index < -0.39 is 0 Å². The van der Waals surface area contributed by atoms with Gasteiger partial charge in [-0.3, -0.25) is 4.68 Å². The zero-order valence-electron chi connectivity index (χ0n) is 5.95. The van der Waals surface area contributed by atoms with E-state index in [1.807, 2.05) is 6.07 Å². The summed E-state index contributed by atoms with van der Waals surface area (Å²) >= 11 is 5.74. The van der Waals surface area contributed by atoms with Crippen molar-refractivity contribution in [1.29, 1.82) is 5.26 Å². The van der Waals surface area contributed by atoms with E-state index in [0.29, 0.717) is 5.02 Å². The molecule has 1 heterocycles. The third kappa shape index (κ3) is 1.60. The zero-order chi connectivity index (χ0) is 8.27. The SMILES string of the molecule is Cn1ncc(Cl)c1/C=C/C#N. The normalized spacial score (nSPS) is 10.3. The van der Waals surface area contributed by atoms with Crippen LogP contribution < -0.4 is 0 Å². The Hall–Kier alpha value is -1.27. The number of aromatic nitrogens is 2. The van der Waals surface area contributed by atoms with Crippen LogP contribution in [0.4, 0.5) is 0 Å². The molecule has 0 aliphatic heterocycles. The van der Waals surface area contributed by atoms with Gasteiger partial charge in [-0.25, -0.2) is 0 Å². The van der Waals surface area contributed by atoms with Crippen LogP contribution in [0.2, 0.25) is 5.02 Å². The van der Waals surface area contributed by atoms with E-state index in [1.54, 1.807) is 24.0 Å². The molecule has 0 saturated heterocycles. The lowest BCUT2D eigenvalue weighted by molar-refractivity contribution is 0.759. The van der Waals surface area contributed by atoms with Gasteiger partial charge < -0.3 is 0 Å². The Kier molecular flexibility index (Phi) is 2.29. The molecular weight excluding hydrogens is 162 g/mol. The quantitative estimate of drug-likeness (QED) is 0.597. The summed E-state index contributed by atoms with van der Waals surface area (Å²) in [6.07, 6.45) is 4.52. The summed E-state index contributed by atoms with van der Waals surface area (Å²) < 4.78 is 1.61. The Morgan fingerprint density at radius 2 is 2.55 bits per heavy atom. The molecule has 0 aliphatic rings. The van der Waals surface area contributed by atoms with Gasteiger partial charge in [0, 0.05) is 13.1 Å². The number of hydrogen-bond donors (Lipinski definition) is 0. The van der Waals surface area contributed by atoms with Gasteiger partial charge in [0.2, 0.25) is 0 Å². The molecule has 0 bridgehead atoms. The van der Waals surface area contributed by atoms with Crippen LogP contribution in [0.25, 0.3) is 6.08 Å². The van der Waals surface area contributed by atoms with Crippen LogP contribution >= 0.6 is 11.6 Å². The molecule has 4 heteroatoms. The van der Waals surface area contributed by atoms with E-state index in [1.165, 1.54) is 6.08 Å². The summed E-state index contributed by atoms with van der Waals surface area (Å²) in [6, 6.07) is 1.88. The molecular formula is C7H6ClN3. The van der Waals surface area contributed by atoms with E-state index in [0.717, 1.165) is 5.69 Å². The van der Waals surface area contributed by atoms with E-state index in [9.17, 15) is 0 Å². The van der Waals surface area contributed by atoms with E-state index in [-0.39, 0.29) is 0 Å². The Morgan fingerprint density at radius 3 is 3.00 bits per heavy atom. The minimum absolute atomic E-state index is 0.555. The second kappa shape index (κ2) is 3.22. The topological polar surface area (TPSA) is 41.6 Å². The first-order valence-corrected chi connectivity index (χ1v) is 3.37. The van der Waals surface area contributed by atoms with Gasteiger partial charge in [0.25, 0.3) is 0 Å². The number of halogens is 1. The van der Waals surface area contributed by atoms with Gasteiger partial charge in [0.1, 0.15) is 0 Å². The Labute approximate surface area is 69.5 Å². The summed E-state index contributed by atoms with van der Waals surface area (Å²) in [5.74, 6) is 0. The van der Waals surface area contributed by atoms with Gasteiger partial charge in [-0.1, -0.05) is 11.6 Å². The smallest absolute Gasteiger partial charge is 0.0912 e. The number of aryl methyl sites for hydroxylation is 1. The Balaban J connectivity index is 3.03. The number of allylic oxidation sites excluding steroid dienone is 1. The molecule has 0 radical (unpaired) electrons. The standard InChI is InChI=1S/C7H6ClN3/c1-11-7(3-2-4-9)6(8)5-10-11/h2-3,5H,1H3/b3-2+. The molecule has 0 amide bonds. The molecule has 0 spiro atoms. The van der Waals surface area contributed by atoms with Crippen molar-refractivity contribution in [3.63, 3.8) is 0 Å². The van der Waals surface area contributed by atoms with Gasteiger partial charge in [-0.05, 0) is 6.08 Å². The predicted octanol–water partition coefficient (Wildman–Crippen LogP) is 1.61. The molecule has 11 heavy (non-hydrogen) atoms. The maximum Gasteiger partial charge on any atom is 0.0912 e. The van der Waals surface area contributed by atoms with E-state index >= 15 is 0 Å². The molecule has 0 unspecified atom stereocenters. The molecule has 56 valence electrons. The largest absolute Gasteiger partial charge is 0.267 e. The summed E-state index contributed by atoms with van der Waals surface area (Å²) in [6.45, 7) is 0. The van der Waals surface area contributed by atoms with Gasteiger partial charge >= 0.3 is 0 Å². The summed E-state index contributed by atoms with van der Waals surface area (Å²) in [5.41, 5.74) is 0.744.